The molecule has 0 aliphatic rings. The van der Waals surface area contributed by atoms with Crippen LogP contribution in [0.15, 0.2) is 91.0 Å². The normalized spacial score (nSPS) is 13.7. The summed E-state index contributed by atoms with van der Waals surface area (Å²) < 4.78 is 10.3. The number of aliphatic hydroxyl groups is 1. The predicted octanol–water partition coefficient (Wildman–Crippen LogP) is 3.98. The highest BCUT2D eigenvalue weighted by Gasteiger charge is 2.30. The van der Waals surface area contributed by atoms with Crippen LogP contribution in [0.25, 0.3) is 0 Å². The standard InChI is InChI=1S/C36H46N4O7/c1-25(32(42)38-30(33(43)46-5)22-27-17-11-7-12-18-27)37-34(44)40(23-28-19-13-8-14-20-28)24-31(41)29(21-26-15-9-6-10-16-26)39-35(45)47-36(2,3)4/h6-20,25,29-31,41H,21-24H2,1-5H3,(H,37,44)(H,38,42)(H,39,45)/t25-,29-,30-,31+/m0/s1. The first-order valence-electron chi connectivity index (χ1n) is 15.6. The number of amides is 4. The number of nitrogens with one attached hydrogen (secondary N) is 3. The van der Waals surface area contributed by atoms with Crippen LogP contribution < -0.4 is 16.0 Å². The van der Waals surface area contributed by atoms with Crippen molar-refractivity contribution in [1.82, 2.24) is 20.9 Å². The maximum atomic E-state index is 13.7. The summed E-state index contributed by atoms with van der Waals surface area (Å²) in [7, 11) is 1.24. The minimum Gasteiger partial charge on any atom is -0.467 e. The van der Waals surface area contributed by atoms with Crippen molar-refractivity contribution in [2.24, 2.45) is 0 Å². The van der Waals surface area contributed by atoms with E-state index >= 15 is 0 Å². The number of rotatable bonds is 14. The van der Waals surface area contributed by atoms with Gasteiger partial charge >= 0.3 is 18.1 Å². The van der Waals surface area contributed by atoms with Gasteiger partial charge < -0.3 is 35.4 Å². The Labute approximate surface area is 276 Å². The van der Waals surface area contributed by atoms with Crippen LogP contribution in [0.3, 0.4) is 0 Å². The van der Waals surface area contributed by atoms with Crippen LogP contribution in [0.1, 0.15) is 44.4 Å². The maximum Gasteiger partial charge on any atom is 0.407 e. The molecule has 0 radical (unpaired) electrons. The van der Waals surface area contributed by atoms with E-state index < -0.39 is 53.8 Å². The van der Waals surface area contributed by atoms with Crippen molar-refractivity contribution < 1.29 is 33.8 Å². The Morgan fingerprint density at radius 1 is 0.766 bits per heavy atom. The van der Waals surface area contributed by atoms with Gasteiger partial charge in [0.25, 0.3) is 0 Å². The van der Waals surface area contributed by atoms with Crippen molar-refractivity contribution in [3.8, 4) is 0 Å². The predicted molar refractivity (Wildman–Crippen MR) is 178 cm³/mol. The molecule has 0 aliphatic carbocycles. The second-order valence-electron chi connectivity index (χ2n) is 12.3. The summed E-state index contributed by atoms with van der Waals surface area (Å²) in [4.78, 5) is 53.5. The van der Waals surface area contributed by atoms with E-state index in [1.54, 1.807) is 20.8 Å². The molecule has 4 N–H and O–H groups in total. The van der Waals surface area contributed by atoms with Gasteiger partial charge in [-0.1, -0.05) is 91.0 Å². The van der Waals surface area contributed by atoms with Crippen LogP contribution >= 0.6 is 0 Å². The molecule has 4 amide bonds. The lowest BCUT2D eigenvalue weighted by Gasteiger charge is -2.32. The molecule has 0 heterocycles. The first-order chi connectivity index (χ1) is 22.3. The van der Waals surface area contributed by atoms with Crippen LogP contribution in [0, 0.1) is 0 Å². The third-order valence-corrected chi connectivity index (χ3v) is 7.19. The minimum absolute atomic E-state index is 0.112. The first kappa shape index (κ1) is 36.6. The number of urea groups is 1. The van der Waals surface area contributed by atoms with Crippen molar-refractivity contribution in [1.29, 1.82) is 0 Å². The number of carbonyl (C=O) groups is 4. The van der Waals surface area contributed by atoms with Crippen molar-refractivity contribution in [3.05, 3.63) is 108 Å². The SMILES string of the molecule is COC(=O)[C@H](Cc1ccccc1)NC(=O)[C@H](C)NC(=O)N(Cc1ccccc1)C[C@@H](O)[C@H](Cc1ccccc1)NC(=O)OC(C)(C)C. The number of nitrogens with zero attached hydrogens (tertiary/aromatic N) is 1. The van der Waals surface area contributed by atoms with E-state index in [4.69, 9.17) is 9.47 Å². The van der Waals surface area contributed by atoms with Crippen molar-refractivity contribution in [3.63, 3.8) is 0 Å². The van der Waals surface area contributed by atoms with Crippen LogP contribution in [0.5, 0.6) is 0 Å². The van der Waals surface area contributed by atoms with Crippen molar-refractivity contribution in [2.75, 3.05) is 13.7 Å². The van der Waals surface area contributed by atoms with E-state index in [9.17, 15) is 24.3 Å². The molecule has 11 heteroatoms. The van der Waals surface area contributed by atoms with Gasteiger partial charge in [0.1, 0.15) is 17.7 Å². The topological polar surface area (TPSA) is 146 Å². The molecule has 0 unspecified atom stereocenters. The first-order valence-corrected chi connectivity index (χ1v) is 15.6. The number of benzene rings is 3. The fourth-order valence-corrected chi connectivity index (χ4v) is 4.81. The van der Waals surface area contributed by atoms with Crippen molar-refractivity contribution >= 4 is 24.0 Å². The second-order valence-corrected chi connectivity index (χ2v) is 12.3. The van der Waals surface area contributed by atoms with Gasteiger partial charge in [0.2, 0.25) is 5.91 Å². The van der Waals surface area contributed by atoms with E-state index in [0.717, 1.165) is 16.7 Å². The average molecular weight is 647 g/mol. The Morgan fingerprint density at radius 3 is 1.79 bits per heavy atom. The smallest absolute Gasteiger partial charge is 0.407 e. The highest BCUT2D eigenvalue weighted by molar-refractivity contribution is 5.90. The van der Waals surface area contributed by atoms with Gasteiger partial charge in [-0.05, 0) is 50.8 Å². The molecule has 4 atom stereocenters. The van der Waals surface area contributed by atoms with Gasteiger partial charge in [0.15, 0.2) is 0 Å². The second kappa shape index (κ2) is 17.7. The number of alkyl carbamates (subject to hydrolysis) is 1. The number of hydrogen-bond donors (Lipinski definition) is 4. The zero-order valence-electron chi connectivity index (χ0n) is 27.6. The van der Waals surface area contributed by atoms with E-state index in [1.807, 2.05) is 91.0 Å². The number of carbonyl (C=O) groups excluding carboxylic acids is 4. The summed E-state index contributed by atoms with van der Waals surface area (Å²) >= 11 is 0. The largest absolute Gasteiger partial charge is 0.467 e. The summed E-state index contributed by atoms with van der Waals surface area (Å²) in [5, 5.41) is 19.6. The van der Waals surface area contributed by atoms with Gasteiger partial charge in [-0.25, -0.2) is 14.4 Å². The molecule has 3 aromatic carbocycles. The van der Waals surface area contributed by atoms with Gasteiger partial charge in [-0.2, -0.15) is 0 Å². The van der Waals surface area contributed by atoms with Gasteiger partial charge in [0, 0.05) is 13.0 Å². The highest BCUT2D eigenvalue weighted by atomic mass is 16.6. The zero-order chi connectivity index (χ0) is 34.4. The molecule has 0 bridgehead atoms. The fourth-order valence-electron chi connectivity index (χ4n) is 4.81. The lowest BCUT2D eigenvalue weighted by Crippen LogP contribution is -2.56. The van der Waals surface area contributed by atoms with Gasteiger partial charge in [-0.15, -0.1) is 0 Å². The van der Waals surface area contributed by atoms with E-state index in [2.05, 4.69) is 16.0 Å². The van der Waals surface area contributed by atoms with E-state index in [1.165, 1.54) is 18.9 Å². The molecule has 0 aromatic heterocycles. The number of esters is 1. The Hall–Kier alpha value is -4.90. The van der Waals surface area contributed by atoms with Crippen LogP contribution in [-0.4, -0.2) is 77.5 Å². The highest BCUT2D eigenvalue weighted by Crippen LogP contribution is 2.14. The zero-order valence-corrected chi connectivity index (χ0v) is 27.6. The quantitative estimate of drug-likeness (QED) is 0.194. The number of ether oxygens (including phenoxy) is 2. The summed E-state index contributed by atoms with van der Waals surface area (Å²) in [6.45, 7) is 6.67. The Kier molecular flexibility index (Phi) is 13.8. The maximum absolute atomic E-state index is 13.7. The minimum atomic E-state index is -1.21. The molecular weight excluding hydrogens is 600 g/mol. The fraction of sp³-hybridized carbons (Fsp3) is 0.389. The molecule has 3 aromatic rings. The van der Waals surface area contributed by atoms with Gasteiger partial charge in [0.05, 0.1) is 25.8 Å². The summed E-state index contributed by atoms with van der Waals surface area (Å²) in [5.74, 6) is -1.20. The average Bonchev–Trinajstić information content (AvgIpc) is 3.03. The van der Waals surface area contributed by atoms with Crippen molar-refractivity contribution in [2.45, 2.75) is 76.9 Å². The van der Waals surface area contributed by atoms with Crippen LogP contribution in [0.2, 0.25) is 0 Å². The molecule has 11 nitrogen and oxygen atoms in total. The monoisotopic (exact) mass is 646 g/mol. The molecule has 0 aliphatic heterocycles. The molecule has 0 spiro atoms. The van der Waals surface area contributed by atoms with E-state index in [-0.39, 0.29) is 25.9 Å². The summed E-state index contributed by atoms with van der Waals surface area (Å²) in [6.07, 6.45) is -1.43. The Balaban J connectivity index is 1.77. The van der Waals surface area contributed by atoms with Gasteiger partial charge in [-0.3, -0.25) is 4.79 Å². The molecule has 3 rings (SSSR count). The molecular formula is C36H46N4O7. The van der Waals surface area contributed by atoms with E-state index in [0.29, 0.717) is 0 Å². The van der Waals surface area contributed by atoms with Crippen LogP contribution in [-0.2, 0) is 38.4 Å². The Morgan fingerprint density at radius 2 is 1.28 bits per heavy atom. The third-order valence-electron chi connectivity index (χ3n) is 7.19. The molecule has 47 heavy (non-hydrogen) atoms. The third kappa shape index (κ3) is 12.8. The number of hydrogen-bond acceptors (Lipinski definition) is 7. The molecule has 0 saturated heterocycles. The molecule has 0 fully saturated rings. The molecule has 252 valence electrons. The number of methoxy groups -OCH3 is 1. The van der Waals surface area contributed by atoms with Crippen LogP contribution in [0.4, 0.5) is 9.59 Å². The molecule has 0 saturated carbocycles. The lowest BCUT2D eigenvalue weighted by atomic mass is 10.0. The lowest BCUT2D eigenvalue weighted by molar-refractivity contribution is -0.145. The summed E-state index contributed by atoms with van der Waals surface area (Å²) in [5.41, 5.74) is 1.73. The number of aliphatic hydroxyl groups excluding tert-OH is 1. The summed E-state index contributed by atoms with van der Waals surface area (Å²) in [6, 6.07) is 24.3. The Bertz CT molecular complexity index is 1430.